The van der Waals surface area contributed by atoms with Crippen LogP contribution in [0.1, 0.15) is 64.0 Å². The summed E-state index contributed by atoms with van der Waals surface area (Å²) >= 11 is 0. The Morgan fingerprint density at radius 3 is 2.18 bits per heavy atom. The summed E-state index contributed by atoms with van der Waals surface area (Å²) in [6, 6.07) is 14.1. The quantitative estimate of drug-likeness (QED) is 0.481. The molecule has 1 heterocycles. The average Bonchev–Trinajstić information content (AvgIpc) is 3.50. The van der Waals surface area contributed by atoms with Gasteiger partial charge >= 0.3 is 0 Å². The Morgan fingerprint density at radius 1 is 0.923 bits per heavy atom. The topological polar surface area (TPSA) is 90.5 Å². The van der Waals surface area contributed by atoms with Crippen molar-refractivity contribution in [3.05, 3.63) is 71.5 Å². The van der Waals surface area contributed by atoms with Crippen molar-refractivity contribution in [2.45, 2.75) is 77.0 Å². The molecule has 0 aromatic heterocycles. The highest BCUT2D eigenvalue weighted by molar-refractivity contribution is 5.91. The summed E-state index contributed by atoms with van der Waals surface area (Å²) in [5.74, 6) is -1.14. The fourth-order valence-electron chi connectivity index (χ4n) is 5.99. The van der Waals surface area contributed by atoms with Gasteiger partial charge < -0.3 is 20.9 Å². The van der Waals surface area contributed by atoms with Crippen LogP contribution in [0.3, 0.4) is 0 Å². The first kappa shape index (κ1) is 28.7. The molecule has 4 rings (SSSR count). The lowest BCUT2D eigenvalue weighted by Crippen LogP contribution is -2.60. The predicted molar refractivity (Wildman–Crippen MR) is 149 cm³/mol. The van der Waals surface area contributed by atoms with Gasteiger partial charge in [0, 0.05) is 12.6 Å². The lowest BCUT2D eigenvalue weighted by molar-refractivity contribution is -0.141. The number of likely N-dealkylation sites (N-methyl/N-ethyl adjacent to an activating group) is 1. The fourth-order valence-corrected chi connectivity index (χ4v) is 5.99. The zero-order chi connectivity index (χ0) is 28.3. The van der Waals surface area contributed by atoms with Gasteiger partial charge in [0.2, 0.25) is 17.7 Å². The molecule has 1 aliphatic heterocycles. The van der Waals surface area contributed by atoms with Crippen molar-refractivity contribution in [3.8, 4) is 0 Å². The monoisotopic (exact) mass is 536 g/mol. The van der Waals surface area contributed by atoms with Gasteiger partial charge in [-0.3, -0.25) is 14.4 Å². The molecule has 7 nitrogen and oxygen atoms in total. The second-order valence-corrected chi connectivity index (χ2v) is 12.0. The SMILES string of the molecule is CN[C@@H](C)C(=O)NC(C(=O)N1CCC2CCC(NC(=O)C(c3ccccc3)c3ccc(F)cc3)C21)C(C)(C)C. The summed E-state index contributed by atoms with van der Waals surface area (Å²) in [6.45, 7) is 8.22. The van der Waals surface area contributed by atoms with Crippen LogP contribution in [-0.2, 0) is 14.4 Å². The van der Waals surface area contributed by atoms with E-state index in [9.17, 15) is 18.8 Å². The number of nitrogens with one attached hydrogen (secondary N) is 3. The normalized spacial score (nSPS) is 23.0. The van der Waals surface area contributed by atoms with E-state index in [1.54, 1.807) is 26.1 Å². The second kappa shape index (κ2) is 11.9. The summed E-state index contributed by atoms with van der Waals surface area (Å²) in [5.41, 5.74) is 1.05. The standard InChI is InChI=1S/C31H41FN4O3/c1-19(33-5)28(37)35-27(31(2,3)4)30(39)36-18-17-22-13-16-24(26(22)36)34-29(38)25(20-9-7-6-8-10-20)21-11-14-23(32)15-12-21/h6-12,14-15,19,22,24-27,33H,13,16-18H2,1-5H3,(H,34,38)(H,35,37)/t19-,22?,24?,25?,26?,27?/m0/s1. The van der Waals surface area contributed by atoms with Gasteiger partial charge in [-0.05, 0) is 67.8 Å². The summed E-state index contributed by atoms with van der Waals surface area (Å²) < 4.78 is 13.7. The van der Waals surface area contributed by atoms with Crippen molar-refractivity contribution in [2.24, 2.45) is 11.3 Å². The first-order chi connectivity index (χ1) is 18.5. The number of hydrogen-bond acceptors (Lipinski definition) is 4. The highest BCUT2D eigenvalue weighted by Gasteiger charge is 2.49. The highest BCUT2D eigenvalue weighted by Crippen LogP contribution is 2.40. The van der Waals surface area contributed by atoms with Gasteiger partial charge in [0.05, 0.1) is 18.0 Å². The van der Waals surface area contributed by atoms with Gasteiger partial charge in [-0.25, -0.2) is 4.39 Å². The van der Waals surface area contributed by atoms with Gasteiger partial charge in [-0.15, -0.1) is 0 Å². The zero-order valence-corrected chi connectivity index (χ0v) is 23.5. The molecule has 2 aliphatic rings. The minimum absolute atomic E-state index is 0.106. The van der Waals surface area contributed by atoms with Crippen LogP contribution in [0.4, 0.5) is 4.39 Å². The van der Waals surface area contributed by atoms with Crippen LogP contribution in [0.25, 0.3) is 0 Å². The largest absolute Gasteiger partial charge is 0.350 e. The molecule has 6 atom stereocenters. The lowest BCUT2D eigenvalue weighted by atomic mass is 9.85. The fraction of sp³-hybridized carbons (Fsp3) is 0.516. The van der Waals surface area contributed by atoms with Crippen molar-refractivity contribution < 1.29 is 18.8 Å². The molecule has 3 N–H and O–H groups in total. The molecule has 5 unspecified atom stereocenters. The number of halogens is 1. The van der Waals surface area contributed by atoms with Crippen LogP contribution in [0.2, 0.25) is 0 Å². The summed E-state index contributed by atoms with van der Waals surface area (Å²) in [6.07, 6.45) is 2.58. The third-order valence-corrected chi connectivity index (χ3v) is 8.28. The molecule has 1 saturated carbocycles. The molecule has 0 radical (unpaired) electrons. The highest BCUT2D eigenvalue weighted by atomic mass is 19.1. The van der Waals surface area contributed by atoms with Crippen molar-refractivity contribution >= 4 is 17.7 Å². The Bertz CT molecular complexity index is 1160. The van der Waals surface area contributed by atoms with Crippen molar-refractivity contribution in [1.82, 2.24) is 20.9 Å². The summed E-state index contributed by atoms with van der Waals surface area (Å²) in [4.78, 5) is 42.4. The molecule has 3 amide bonds. The molecule has 2 fully saturated rings. The van der Waals surface area contributed by atoms with Crippen molar-refractivity contribution in [2.75, 3.05) is 13.6 Å². The molecule has 2 aromatic rings. The van der Waals surface area contributed by atoms with E-state index < -0.39 is 23.4 Å². The van der Waals surface area contributed by atoms with Crippen LogP contribution >= 0.6 is 0 Å². The smallest absolute Gasteiger partial charge is 0.246 e. The van der Waals surface area contributed by atoms with Crippen LogP contribution in [0.5, 0.6) is 0 Å². The third kappa shape index (κ3) is 6.32. The van der Waals surface area contributed by atoms with E-state index in [1.807, 2.05) is 56.0 Å². The number of benzene rings is 2. The number of likely N-dealkylation sites (tertiary alicyclic amines) is 1. The number of hydrogen-bond donors (Lipinski definition) is 3. The molecule has 8 heteroatoms. The maximum absolute atomic E-state index is 14.0. The van der Waals surface area contributed by atoms with E-state index in [1.165, 1.54) is 12.1 Å². The van der Waals surface area contributed by atoms with E-state index in [2.05, 4.69) is 16.0 Å². The van der Waals surface area contributed by atoms with E-state index in [4.69, 9.17) is 0 Å². The lowest BCUT2D eigenvalue weighted by Gasteiger charge is -2.38. The molecule has 1 aliphatic carbocycles. The number of nitrogens with zero attached hydrogens (tertiary/aromatic N) is 1. The van der Waals surface area contributed by atoms with Crippen LogP contribution in [0.15, 0.2) is 54.6 Å². The zero-order valence-electron chi connectivity index (χ0n) is 23.5. The van der Waals surface area contributed by atoms with Gasteiger partial charge in [-0.1, -0.05) is 63.2 Å². The Kier molecular flexibility index (Phi) is 8.74. The average molecular weight is 537 g/mol. The molecule has 39 heavy (non-hydrogen) atoms. The maximum atomic E-state index is 14.0. The number of carbonyl (C=O) groups is 3. The van der Waals surface area contributed by atoms with Crippen molar-refractivity contribution in [3.63, 3.8) is 0 Å². The van der Waals surface area contributed by atoms with Crippen LogP contribution < -0.4 is 16.0 Å². The molecular formula is C31H41FN4O3. The van der Waals surface area contributed by atoms with Crippen LogP contribution in [0, 0.1) is 17.2 Å². The molecular weight excluding hydrogens is 495 g/mol. The molecule has 2 aromatic carbocycles. The van der Waals surface area contributed by atoms with Gasteiger partial charge in [0.1, 0.15) is 11.9 Å². The summed E-state index contributed by atoms with van der Waals surface area (Å²) in [5, 5.41) is 9.17. The first-order valence-electron chi connectivity index (χ1n) is 13.9. The summed E-state index contributed by atoms with van der Waals surface area (Å²) in [7, 11) is 1.71. The minimum Gasteiger partial charge on any atom is -0.350 e. The van der Waals surface area contributed by atoms with Gasteiger partial charge in [-0.2, -0.15) is 0 Å². The molecule has 1 saturated heterocycles. The Morgan fingerprint density at radius 2 is 1.56 bits per heavy atom. The van der Waals surface area contributed by atoms with Gasteiger partial charge in [0.25, 0.3) is 0 Å². The molecule has 210 valence electrons. The maximum Gasteiger partial charge on any atom is 0.246 e. The predicted octanol–water partition coefficient (Wildman–Crippen LogP) is 3.59. The number of rotatable bonds is 8. The molecule has 0 bridgehead atoms. The second-order valence-electron chi connectivity index (χ2n) is 12.0. The number of carbonyl (C=O) groups excluding carboxylic acids is 3. The number of amides is 3. The van der Waals surface area contributed by atoms with E-state index >= 15 is 0 Å². The van der Waals surface area contributed by atoms with Crippen LogP contribution in [-0.4, -0.2) is 60.4 Å². The Labute approximate surface area is 230 Å². The Hall–Kier alpha value is -3.26. The van der Waals surface area contributed by atoms with E-state index in [-0.39, 0.29) is 35.6 Å². The third-order valence-electron chi connectivity index (χ3n) is 8.28. The molecule has 0 spiro atoms. The first-order valence-corrected chi connectivity index (χ1v) is 13.9. The minimum atomic E-state index is -0.687. The van der Waals surface area contributed by atoms with E-state index in [0.29, 0.717) is 18.0 Å². The number of fused-ring (bicyclic) bond motifs is 1. The Balaban J connectivity index is 1.56. The van der Waals surface area contributed by atoms with E-state index in [0.717, 1.165) is 24.8 Å². The van der Waals surface area contributed by atoms with Crippen molar-refractivity contribution in [1.29, 1.82) is 0 Å². The van der Waals surface area contributed by atoms with Gasteiger partial charge in [0.15, 0.2) is 0 Å².